The van der Waals surface area contributed by atoms with Crippen molar-refractivity contribution in [1.82, 2.24) is 4.90 Å². The third-order valence-corrected chi connectivity index (χ3v) is 3.06. The molecule has 0 aromatic carbocycles. The maximum Gasteiger partial charge on any atom is 0.153 e. The topological polar surface area (TPSA) is 12.5 Å². The second-order valence-electron chi connectivity index (χ2n) is 4.53. The number of hydrogen-bond donors (Lipinski definition) is 0. The molecule has 2 fully saturated rings. The van der Waals surface area contributed by atoms with E-state index in [0.29, 0.717) is 6.61 Å². The molecule has 0 aromatic rings. The van der Waals surface area contributed by atoms with Gasteiger partial charge in [0.25, 0.3) is 0 Å². The molecule has 76 valence electrons. The smallest absolute Gasteiger partial charge is 0.153 e. The highest BCUT2D eigenvalue weighted by molar-refractivity contribution is 5.02. The summed E-state index contributed by atoms with van der Waals surface area (Å²) in [6.45, 7) is 3.61. The van der Waals surface area contributed by atoms with Gasteiger partial charge in [-0.05, 0) is 13.8 Å². The molecule has 2 heterocycles. The largest absolute Gasteiger partial charge is 0.359 e. The lowest BCUT2D eigenvalue weighted by molar-refractivity contribution is -0.0609. The molecule has 2 aliphatic heterocycles. The molecule has 0 unspecified atom stereocenters. The molecule has 0 spiro atoms. The second kappa shape index (κ2) is 2.64. The van der Waals surface area contributed by atoms with Crippen molar-refractivity contribution in [1.29, 1.82) is 0 Å². The second-order valence-corrected chi connectivity index (χ2v) is 4.53. The highest BCUT2D eigenvalue weighted by Gasteiger charge is 2.53. The van der Waals surface area contributed by atoms with Crippen molar-refractivity contribution in [2.45, 2.75) is 37.7 Å². The van der Waals surface area contributed by atoms with Crippen molar-refractivity contribution >= 4 is 0 Å². The molecule has 13 heavy (non-hydrogen) atoms. The lowest BCUT2D eigenvalue weighted by atomic mass is 10.0. The Morgan fingerprint density at radius 1 is 1.54 bits per heavy atom. The van der Waals surface area contributed by atoms with Crippen LogP contribution in [0.2, 0.25) is 0 Å². The van der Waals surface area contributed by atoms with Crippen molar-refractivity contribution in [3.05, 3.63) is 0 Å². The van der Waals surface area contributed by atoms with E-state index in [1.165, 1.54) is 0 Å². The van der Waals surface area contributed by atoms with Crippen LogP contribution in [0.5, 0.6) is 0 Å². The molecule has 2 rings (SSSR count). The highest BCUT2D eigenvalue weighted by Crippen LogP contribution is 2.40. The Bertz CT molecular complexity index is 222. The molecule has 0 bridgehead atoms. The molecule has 0 N–H and O–H groups in total. The van der Waals surface area contributed by atoms with Gasteiger partial charge in [0.15, 0.2) is 5.67 Å². The van der Waals surface area contributed by atoms with E-state index in [-0.39, 0.29) is 19.0 Å². The van der Waals surface area contributed by atoms with Crippen LogP contribution in [0, 0.1) is 0 Å². The standard InChI is InChI=1S/C9H15F2NO/c1-8(2)12-6-9(11,5-10)3-7(12)4-13-8/h7H,3-6H2,1-2H3/t7-,9+/m0/s1. The van der Waals surface area contributed by atoms with Crippen LogP contribution >= 0.6 is 0 Å². The Labute approximate surface area is 76.9 Å². The number of rotatable bonds is 1. The summed E-state index contributed by atoms with van der Waals surface area (Å²) in [5.74, 6) is 0. The minimum atomic E-state index is -1.63. The molecule has 4 heteroatoms. The molecule has 2 nitrogen and oxygen atoms in total. The van der Waals surface area contributed by atoms with Gasteiger partial charge < -0.3 is 4.74 Å². The molecule has 0 aliphatic carbocycles. The Morgan fingerprint density at radius 3 is 2.77 bits per heavy atom. The predicted octanol–water partition coefficient (Wildman–Crippen LogP) is 1.50. The van der Waals surface area contributed by atoms with E-state index >= 15 is 0 Å². The fourth-order valence-corrected chi connectivity index (χ4v) is 2.29. The average Bonchev–Trinajstić information content (AvgIpc) is 2.52. The van der Waals surface area contributed by atoms with E-state index in [0.717, 1.165) is 0 Å². The summed E-state index contributed by atoms with van der Waals surface area (Å²) in [6, 6.07) is 0.0655. The van der Waals surface area contributed by atoms with E-state index < -0.39 is 18.1 Å². The van der Waals surface area contributed by atoms with Crippen molar-refractivity contribution in [3.63, 3.8) is 0 Å². The number of alkyl halides is 2. The fraction of sp³-hybridized carbons (Fsp3) is 1.00. The molecule has 0 aromatic heterocycles. The van der Waals surface area contributed by atoms with Crippen LogP contribution in [0.1, 0.15) is 20.3 Å². The summed E-state index contributed by atoms with van der Waals surface area (Å²) in [5.41, 5.74) is -2.06. The van der Waals surface area contributed by atoms with Gasteiger partial charge in [0.2, 0.25) is 0 Å². The molecule has 2 atom stereocenters. The minimum absolute atomic E-state index is 0.0655. The number of hydrogen-bond acceptors (Lipinski definition) is 2. The predicted molar refractivity (Wildman–Crippen MR) is 45.0 cm³/mol. The van der Waals surface area contributed by atoms with Crippen molar-refractivity contribution in [3.8, 4) is 0 Å². The molecule has 0 amide bonds. The zero-order chi connectivity index (χ0) is 9.69. The molecular formula is C9H15F2NO. The lowest BCUT2D eigenvalue weighted by Crippen LogP contribution is -2.43. The monoisotopic (exact) mass is 191 g/mol. The average molecular weight is 191 g/mol. The van der Waals surface area contributed by atoms with E-state index in [2.05, 4.69) is 0 Å². The Balaban J connectivity index is 2.14. The van der Waals surface area contributed by atoms with Gasteiger partial charge in [0, 0.05) is 19.0 Å². The van der Waals surface area contributed by atoms with Gasteiger partial charge >= 0.3 is 0 Å². The van der Waals surface area contributed by atoms with Crippen LogP contribution in [0.25, 0.3) is 0 Å². The maximum absolute atomic E-state index is 13.6. The first-order valence-corrected chi connectivity index (χ1v) is 4.62. The SMILES string of the molecule is CC1(C)OC[C@@H]2C[C@@](F)(CF)CN21. The number of halogens is 2. The van der Waals surface area contributed by atoms with Gasteiger partial charge in [-0.2, -0.15) is 0 Å². The highest BCUT2D eigenvalue weighted by atomic mass is 19.2. The van der Waals surface area contributed by atoms with Crippen LogP contribution < -0.4 is 0 Å². The first-order chi connectivity index (χ1) is 5.97. The van der Waals surface area contributed by atoms with Crippen LogP contribution in [-0.4, -0.2) is 42.2 Å². The summed E-state index contributed by atoms with van der Waals surface area (Å²) in [5, 5.41) is 0. The van der Waals surface area contributed by atoms with Crippen LogP contribution in [-0.2, 0) is 4.74 Å². The Kier molecular flexibility index (Phi) is 1.90. The fourth-order valence-electron chi connectivity index (χ4n) is 2.29. The zero-order valence-corrected chi connectivity index (χ0v) is 8.02. The van der Waals surface area contributed by atoms with Gasteiger partial charge in [0.05, 0.1) is 6.61 Å². The van der Waals surface area contributed by atoms with E-state index in [9.17, 15) is 8.78 Å². The third kappa shape index (κ3) is 1.36. The van der Waals surface area contributed by atoms with Crippen LogP contribution in [0.15, 0.2) is 0 Å². The van der Waals surface area contributed by atoms with Gasteiger partial charge in [-0.15, -0.1) is 0 Å². The van der Waals surface area contributed by atoms with E-state index in [4.69, 9.17) is 4.74 Å². The van der Waals surface area contributed by atoms with Gasteiger partial charge in [-0.1, -0.05) is 0 Å². The number of fused-ring (bicyclic) bond motifs is 1. The van der Waals surface area contributed by atoms with Crippen molar-refractivity contribution in [2.24, 2.45) is 0 Å². The number of ether oxygens (including phenoxy) is 1. The third-order valence-electron chi connectivity index (χ3n) is 3.06. The van der Waals surface area contributed by atoms with Gasteiger partial charge in [-0.25, -0.2) is 8.78 Å². The van der Waals surface area contributed by atoms with E-state index in [1.54, 1.807) is 0 Å². The Hall–Kier alpha value is -0.220. The Morgan fingerprint density at radius 2 is 2.23 bits per heavy atom. The normalized spacial score (nSPS) is 43.8. The quantitative estimate of drug-likeness (QED) is 0.623. The first kappa shape index (κ1) is 9.34. The maximum atomic E-state index is 13.6. The number of nitrogens with zero attached hydrogens (tertiary/aromatic N) is 1. The molecule has 2 aliphatic rings. The summed E-state index contributed by atoms with van der Waals surface area (Å²) in [6.07, 6.45) is 0.271. The zero-order valence-electron chi connectivity index (χ0n) is 8.02. The first-order valence-electron chi connectivity index (χ1n) is 4.62. The van der Waals surface area contributed by atoms with Gasteiger partial charge in [-0.3, -0.25) is 4.90 Å². The molecule has 2 saturated heterocycles. The summed E-state index contributed by atoms with van der Waals surface area (Å²) in [7, 11) is 0. The summed E-state index contributed by atoms with van der Waals surface area (Å²) >= 11 is 0. The minimum Gasteiger partial charge on any atom is -0.359 e. The van der Waals surface area contributed by atoms with E-state index in [1.807, 2.05) is 18.7 Å². The molecule has 0 saturated carbocycles. The summed E-state index contributed by atoms with van der Waals surface area (Å²) < 4.78 is 31.5. The van der Waals surface area contributed by atoms with Gasteiger partial charge in [0.1, 0.15) is 12.4 Å². The molecular weight excluding hydrogens is 176 g/mol. The summed E-state index contributed by atoms with van der Waals surface area (Å²) in [4.78, 5) is 1.92. The van der Waals surface area contributed by atoms with Crippen LogP contribution in [0.3, 0.4) is 0 Å². The van der Waals surface area contributed by atoms with Crippen molar-refractivity contribution in [2.75, 3.05) is 19.8 Å². The van der Waals surface area contributed by atoms with Crippen LogP contribution in [0.4, 0.5) is 8.78 Å². The van der Waals surface area contributed by atoms with Crippen molar-refractivity contribution < 1.29 is 13.5 Å². The lowest BCUT2D eigenvalue weighted by Gasteiger charge is -2.29. The molecule has 0 radical (unpaired) electrons.